The Labute approximate surface area is 180 Å². The van der Waals surface area contributed by atoms with E-state index in [-0.39, 0.29) is 5.41 Å². The van der Waals surface area contributed by atoms with E-state index in [0.717, 1.165) is 61.7 Å². The lowest BCUT2D eigenvalue weighted by Crippen LogP contribution is -2.66. The first-order valence-electron chi connectivity index (χ1n) is 13.0. The molecule has 0 saturated heterocycles. The van der Waals surface area contributed by atoms with Crippen LogP contribution >= 0.6 is 0 Å². The molecule has 4 rings (SSSR count). The van der Waals surface area contributed by atoms with E-state index in [1.54, 1.807) is 0 Å². The second-order valence-corrected chi connectivity index (χ2v) is 12.7. The van der Waals surface area contributed by atoms with Crippen LogP contribution in [0.15, 0.2) is 0 Å². The Hall–Kier alpha value is -0.0800. The maximum Gasteiger partial charge on any atom is 0.0961 e. The van der Waals surface area contributed by atoms with Gasteiger partial charge < -0.3 is 10.2 Å². The molecule has 0 radical (unpaired) electrons. The number of hydrogen-bond donors (Lipinski definition) is 2. The molecule has 0 aromatic heterocycles. The number of rotatable bonds is 5. The van der Waals surface area contributed by atoms with Gasteiger partial charge in [-0.3, -0.25) is 0 Å². The third-order valence-electron chi connectivity index (χ3n) is 11.0. The molecule has 9 atom stereocenters. The highest BCUT2D eigenvalue weighted by molar-refractivity contribution is 5.15. The van der Waals surface area contributed by atoms with Crippen molar-refractivity contribution in [3.05, 3.63) is 0 Å². The lowest BCUT2D eigenvalue weighted by atomic mass is 9.42. The number of aliphatic hydroxyl groups excluding tert-OH is 1. The fraction of sp³-hybridized carbons (Fsp3) is 1.00. The summed E-state index contributed by atoms with van der Waals surface area (Å²) in [7, 11) is 0. The first-order valence-corrected chi connectivity index (χ1v) is 13.0. The van der Waals surface area contributed by atoms with Crippen molar-refractivity contribution in [2.75, 3.05) is 0 Å². The molecule has 0 aromatic carbocycles. The number of fused-ring (bicyclic) bond motifs is 5. The van der Waals surface area contributed by atoms with Crippen molar-refractivity contribution in [1.29, 1.82) is 0 Å². The Bertz CT molecular complexity index is 587. The zero-order valence-corrected chi connectivity index (χ0v) is 19.9. The fourth-order valence-electron chi connectivity index (χ4n) is 9.35. The van der Waals surface area contributed by atoms with E-state index in [0.29, 0.717) is 11.3 Å². The quantitative estimate of drug-likeness (QED) is 0.543. The van der Waals surface area contributed by atoms with Gasteiger partial charge in [0.2, 0.25) is 0 Å². The monoisotopic (exact) mass is 404 g/mol. The summed E-state index contributed by atoms with van der Waals surface area (Å²) in [5.41, 5.74) is -0.393. The van der Waals surface area contributed by atoms with Crippen LogP contribution in [0.25, 0.3) is 0 Å². The van der Waals surface area contributed by atoms with E-state index in [1.807, 2.05) is 0 Å². The van der Waals surface area contributed by atoms with Gasteiger partial charge in [0.25, 0.3) is 0 Å². The van der Waals surface area contributed by atoms with E-state index in [2.05, 4.69) is 34.6 Å². The number of hydrogen-bond acceptors (Lipinski definition) is 2. The van der Waals surface area contributed by atoms with Crippen LogP contribution < -0.4 is 0 Å². The van der Waals surface area contributed by atoms with E-state index >= 15 is 0 Å². The van der Waals surface area contributed by atoms with Crippen molar-refractivity contribution in [2.24, 2.45) is 46.3 Å². The number of aliphatic hydroxyl groups is 2. The summed E-state index contributed by atoms with van der Waals surface area (Å²) >= 11 is 0. The third-order valence-corrected chi connectivity index (χ3v) is 11.0. The first-order chi connectivity index (χ1) is 13.6. The van der Waals surface area contributed by atoms with Gasteiger partial charge in [0.15, 0.2) is 0 Å². The molecule has 2 heteroatoms. The van der Waals surface area contributed by atoms with E-state index < -0.39 is 11.7 Å². The molecule has 0 aliphatic heterocycles. The van der Waals surface area contributed by atoms with Crippen LogP contribution in [0.1, 0.15) is 112 Å². The van der Waals surface area contributed by atoms with Crippen molar-refractivity contribution in [3.8, 4) is 0 Å². The van der Waals surface area contributed by atoms with Gasteiger partial charge in [-0.05, 0) is 92.3 Å². The van der Waals surface area contributed by atoms with Gasteiger partial charge in [0.1, 0.15) is 0 Å². The molecule has 2 nitrogen and oxygen atoms in total. The summed E-state index contributed by atoms with van der Waals surface area (Å²) in [6.07, 6.45) is 14.1. The summed E-state index contributed by atoms with van der Waals surface area (Å²) in [5.74, 6) is 4.82. The topological polar surface area (TPSA) is 40.5 Å². The van der Waals surface area contributed by atoms with Crippen molar-refractivity contribution >= 4 is 0 Å². The maximum atomic E-state index is 11.6. The molecule has 0 aromatic rings. The molecule has 2 N–H and O–H groups in total. The summed E-state index contributed by atoms with van der Waals surface area (Å²) in [6, 6.07) is 0. The third kappa shape index (κ3) is 3.34. The Morgan fingerprint density at radius 3 is 2.34 bits per heavy atom. The normalized spacial score (nSPS) is 50.7. The fourth-order valence-corrected chi connectivity index (χ4v) is 9.35. The zero-order chi connectivity index (χ0) is 21.0. The Balaban J connectivity index is 1.51. The van der Waals surface area contributed by atoms with Crippen LogP contribution in [0.5, 0.6) is 0 Å². The Kier molecular flexibility index (Phi) is 5.95. The molecule has 4 aliphatic rings. The standard InChI is InChI=1S/C27H48O2/c1-18(2)8-6-9-19(3)21-11-12-22-20-13-17-27(29)24(28)10-7-15-26(27,5)23(20)14-16-25(21,22)4/h18-24,28-29H,6-17H2,1-5H3/t19-,20+,21+,22-,23+,24-,25+,26-,27+/m1/s1. The second-order valence-electron chi connectivity index (χ2n) is 12.7. The van der Waals surface area contributed by atoms with E-state index in [9.17, 15) is 10.2 Å². The molecule has 0 amide bonds. The Morgan fingerprint density at radius 1 is 0.862 bits per heavy atom. The second kappa shape index (κ2) is 7.80. The smallest absolute Gasteiger partial charge is 0.0961 e. The molecule has 29 heavy (non-hydrogen) atoms. The summed E-state index contributed by atoms with van der Waals surface area (Å²) in [5, 5.41) is 22.3. The molecular formula is C27H48O2. The van der Waals surface area contributed by atoms with Crippen LogP contribution in [0.4, 0.5) is 0 Å². The maximum absolute atomic E-state index is 11.6. The highest BCUT2D eigenvalue weighted by Crippen LogP contribution is 2.69. The van der Waals surface area contributed by atoms with Gasteiger partial charge in [0, 0.05) is 5.41 Å². The summed E-state index contributed by atoms with van der Waals surface area (Å²) in [6.45, 7) is 12.2. The molecule has 4 saturated carbocycles. The van der Waals surface area contributed by atoms with Gasteiger partial charge >= 0.3 is 0 Å². The van der Waals surface area contributed by atoms with Gasteiger partial charge in [-0.15, -0.1) is 0 Å². The SMILES string of the molecule is CC(C)CCC[C@@H](C)[C@@H]1CC[C@@H]2[C@@H]3CC[C@]4(O)[C@H](O)CCC[C@]4(C)[C@H]3CC[C@]21C. The summed E-state index contributed by atoms with van der Waals surface area (Å²) < 4.78 is 0. The van der Waals surface area contributed by atoms with Gasteiger partial charge in [-0.2, -0.15) is 0 Å². The van der Waals surface area contributed by atoms with Crippen LogP contribution in [0.3, 0.4) is 0 Å². The highest BCUT2D eigenvalue weighted by Gasteiger charge is 2.65. The highest BCUT2D eigenvalue weighted by atomic mass is 16.3. The molecule has 4 fully saturated rings. The van der Waals surface area contributed by atoms with Gasteiger partial charge in [0.05, 0.1) is 11.7 Å². The van der Waals surface area contributed by atoms with Crippen molar-refractivity contribution in [3.63, 3.8) is 0 Å². The van der Waals surface area contributed by atoms with Crippen molar-refractivity contribution < 1.29 is 10.2 Å². The average molecular weight is 405 g/mol. The van der Waals surface area contributed by atoms with Crippen LogP contribution in [0.2, 0.25) is 0 Å². The summed E-state index contributed by atoms with van der Waals surface area (Å²) in [4.78, 5) is 0. The molecule has 0 bridgehead atoms. The molecule has 0 spiro atoms. The minimum absolute atomic E-state index is 0.0735. The molecule has 0 unspecified atom stereocenters. The average Bonchev–Trinajstić information content (AvgIpc) is 3.01. The minimum atomic E-state index is -0.831. The Morgan fingerprint density at radius 2 is 1.62 bits per heavy atom. The van der Waals surface area contributed by atoms with Crippen molar-refractivity contribution in [1.82, 2.24) is 0 Å². The zero-order valence-electron chi connectivity index (χ0n) is 19.9. The van der Waals surface area contributed by atoms with Crippen LogP contribution in [0, 0.1) is 46.3 Å². The lowest BCUT2D eigenvalue weighted by Gasteiger charge is -2.64. The van der Waals surface area contributed by atoms with Gasteiger partial charge in [-0.25, -0.2) is 0 Å². The van der Waals surface area contributed by atoms with Crippen LogP contribution in [-0.4, -0.2) is 21.9 Å². The first kappa shape index (κ1) is 22.1. The molecule has 0 heterocycles. The molecule has 4 aliphatic carbocycles. The minimum Gasteiger partial charge on any atom is -0.390 e. The van der Waals surface area contributed by atoms with E-state index in [4.69, 9.17) is 0 Å². The molecular weight excluding hydrogens is 356 g/mol. The predicted molar refractivity (Wildman–Crippen MR) is 121 cm³/mol. The van der Waals surface area contributed by atoms with Crippen molar-refractivity contribution in [2.45, 2.75) is 123 Å². The van der Waals surface area contributed by atoms with E-state index in [1.165, 1.54) is 44.9 Å². The van der Waals surface area contributed by atoms with Crippen LogP contribution in [-0.2, 0) is 0 Å². The largest absolute Gasteiger partial charge is 0.390 e. The lowest BCUT2D eigenvalue weighted by molar-refractivity contribution is -0.246. The van der Waals surface area contributed by atoms with Gasteiger partial charge in [-0.1, -0.05) is 60.3 Å². The molecule has 168 valence electrons. The predicted octanol–water partition coefficient (Wildman–Crippen LogP) is 6.58.